The van der Waals surface area contributed by atoms with Gasteiger partial charge in [0.25, 0.3) is 0 Å². The average Bonchev–Trinajstić information content (AvgIpc) is 2.87. The highest BCUT2D eigenvalue weighted by atomic mass is 16.4. The lowest BCUT2D eigenvalue weighted by Crippen LogP contribution is -2.54. The van der Waals surface area contributed by atoms with Crippen molar-refractivity contribution in [2.24, 2.45) is 0 Å². The number of hydrogen-bond donors (Lipinski definition) is 1. The third kappa shape index (κ3) is 2.66. The van der Waals surface area contributed by atoms with Gasteiger partial charge in [-0.3, -0.25) is 9.59 Å². The second-order valence-corrected chi connectivity index (χ2v) is 4.60. The highest BCUT2D eigenvalue weighted by Gasteiger charge is 2.32. The van der Waals surface area contributed by atoms with Gasteiger partial charge in [-0.15, -0.1) is 0 Å². The van der Waals surface area contributed by atoms with Gasteiger partial charge in [0.2, 0.25) is 5.76 Å². The third-order valence-electron chi connectivity index (χ3n) is 3.19. The van der Waals surface area contributed by atoms with Crippen LogP contribution in [0.15, 0.2) is 16.7 Å². The zero-order valence-corrected chi connectivity index (χ0v) is 11.2. The lowest BCUT2D eigenvalue weighted by Gasteiger charge is -2.33. The van der Waals surface area contributed by atoms with Crippen LogP contribution in [0.1, 0.15) is 29.5 Å². The number of carbonyl (C=O) groups excluding carboxylic acids is 2. The van der Waals surface area contributed by atoms with E-state index in [2.05, 4.69) is 0 Å². The predicted molar refractivity (Wildman–Crippen MR) is 68.0 cm³/mol. The van der Waals surface area contributed by atoms with E-state index in [0.717, 1.165) is 6.42 Å². The van der Waals surface area contributed by atoms with Crippen molar-refractivity contribution in [3.05, 3.63) is 23.7 Å². The molecular weight excluding hydrogens is 264 g/mol. The van der Waals surface area contributed by atoms with Gasteiger partial charge in [0.05, 0.1) is 12.8 Å². The predicted octanol–water partition coefficient (Wildman–Crippen LogP) is 0.559. The summed E-state index contributed by atoms with van der Waals surface area (Å²) in [4.78, 5) is 37.7. The van der Waals surface area contributed by atoms with E-state index in [0.29, 0.717) is 25.2 Å². The second kappa shape index (κ2) is 5.77. The van der Waals surface area contributed by atoms with E-state index in [-0.39, 0.29) is 12.3 Å². The normalized spacial score (nSPS) is 15.8. The Morgan fingerprint density at radius 2 is 1.95 bits per heavy atom. The van der Waals surface area contributed by atoms with E-state index in [1.54, 1.807) is 0 Å². The van der Waals surface area contributed by atoms with Crippen LogP contribution in [0.4, 0.5) is 0 Å². The van der Waals surface area contributed by atoms with Crippen molar-refractivity contribution in [1.29, 1.82) is 0 Å². The lowest BCUT2D eigenvalue weighted by molar-refractivity contribution is -0.156. The zero-order valence-electron chi connectivity index (χ0n) is 11.2. The first kappa shape index (κ1) is 14.1. The monoisotopic (exact) mass is 280 g/mol. The molecule has 1 saturated heterocycles. The molecule has 108 valence electrons. The van der Waals surface area contributed by atoms with E-state index < -0.39 is 17.8 Å². The van der Waals surface area contributed by atoms with Crippen LogP contribution in [0.5, 0.6) is 0 Å². The molecule has 7 nitrogen and oxygen atoms in total. The van der Waals surface area contributed by atoms with Gasteiger partial charge >= 0.3 is 17.8 Å². The molecule has 1 aromatic heterocycles. The Morgan fingerprint density at radius 3 is 2.60 bits per heavy atom. The average molecular weight is 280 g/mol. The number of carboxylic acids is 1. The summed E-state index contributed by atoms with van der Waals surface area (Å²) >= 11 is 0. The maximum atomic E-state index is 12.0. The van der Waals surface area contributed by atoms with Crippen LogP contribution in [-0.4, -0.2) is 52.3 Å². The first-order valence-corrected chi connectivity index (χ1v) is 6.42. The summed E-state index contributed by atoms with van der Waals surface area (Å²) in [7, 11) is 0. The molecular formula is C13H16N2O5. The summed E-state index contributed by atoms with van der Waals surface area (Å²) in [6.45, 7) is 3.44. The summed E-state index contributed by atoms with van der Waals surface area (Å²) in [5, 5.41) is 8.94. The SMILES string of the molecule is CCCN1CCN(Cc2ccoc2C(=O)O)C(=O)C1=O. The first-order valence-electron chi connectivity index (χ1n) is 6.42. The van der Waals surface area contributed by atoms with Crippen LogP contribution >= 0.6 is 0 Å². The Hall–Kier alpha value is -2.31. The van der Waals surface area contributed by atoms with Crippen molar-refractivity contribution in [2.75, 3.05) is 19.6 Å². The van der Waals surface area contributed by atoms with Crippen LogP contribution < -0.4 is 0 Å². The number of carboxylic acid groups (broad SMARTS) is 1. The minimum absolute atomic E-state index is 0.0721. The Bertz CT molecular complexity index is 537. The Kier molecular flexibility index (Phi) is 4.07. The Labute approximate surface area is 115 Å². The largest absolute Gasteiger partial charge is 0.475 e. The minimum atomic E-state index is -1.19. The second-order valence-electron chi connectivity index (χ2n) is 4.60. The molecule has 0 spiro atoms. The Balaban J connectivity index is 2.08. The molecule has 0 saturated carbocycles. The molecule has 1 N–H and O–H groups in total. The summed E-state index contributed by atoms with van der Waals surface area (Å²) in [5.74, 6) is -2.50. The molecule has 2 rings (SSSR count). The number of rotatable bonds is 5. The van der Waals surface area contributed by atoms with Crippen molar-refractivity contribution in [2.45, 2.75) is 19.9 Å². The van der Waals surface area contributed by atoms with Crippen molar-refractivity contribution in [1.82, 2.24) is 9.80 Å². The number of carbonyl (C=O) groups is 3. The molecule has 1 fully saturated rings. The molecule has 0 atom stereocenters. The van der Waals surface area contributed by atoms with E-state index in [4.69, 9.17) is 9.52 Å². The molecule has 20 heavy (non-hydrogen) atoms. The van der Waals surface area contributed by atoms with E-state index in [9.17, 15) is 14.4 Å². The topological polar surface area (TPSA) is 91.1 Å². The fraction of sp³-hybridized carbons (Fsp3) is 0.462. The number of nitrogens with zero attached hydrogens (tertiary/aromatic N) is 2. The molecule has 0 unspecified atom stereocenters. The minimum Gasteiger partial charge on any atom is -0.475 e. The highest BCUT2D eigenvalue weighted by molar-refractivity contribution is 6.35. The number of piperazine rings is 1. The van der Waals surface area contributed by atoms with Crippen LogP contribution in [0.25, 0.3) is 0 Å². The van der Waals surface area contributed by atoms with Gasteiger partial charge < -0.3 is 19.3 Å². The smallest absolute Gasteiger partial charge is 0.372 e. The molecule has 1 aliphatic rings. The van der Waals surface area contributed by atoms with Crippen molar-refractivity contribution in [3.63, 3.8) is 0 Å². The lowest BCUT2D eigenvalue weighted by atomic mass is 10.2. The van der Waals surface area contributed by atoms with Crippen molar-refractivity contribution >= 4 is 17.8 Å². The number of hydrogen-bond acceptors (Lipinski definition) is 4. The van der Waals surface area contributed by atoms with Gasteiger partial charge in [-0.2, -0.15) is 0 Å². The number of aromatic carboxylic acids is 1. The van der Waals surface area contributed by atoms with Crippen LogP contribution in [-0.2, 0) is 16.1 Å². The molecule has 0 radical (unpaired) electrons. The van der Waals surface area contributed by atoms with E-state index in [1.165, 1.54) is 22.1 Å². The van der Waals surface area contributed by atoms with Crippen LogP contribution in [0, 0.1) is 0 Å². The van der Waals surface area contributed by atoms with Gasteiger partial charge in [0.15, 0.2) is 0 Å². The van der Waals surface area contributed by atoms with Gasteiger partial charge in [0, 0.05) is 25.2 Å². The quantitative estimate of drug-likeness (QED) is 0.796. The van der Waals surface area contributed by atoms with Crippen LogP contribution in [0.2, 0.25) is 0 Å². The van der Waals surface area contributed by atoms with E-state index >= 15 is 0 Å². The summed E-state index contributed by atoms with van der Waals surface area (Å²) in [6, 6.07) is 1.50. The zero-order chi connectivity index (χ0) is 14.7. The van der Waals surface area contributed by atoms with Crippen molar-refractivity contribution < 1.29 is 23.9 Å². The summed E-state index contributed by atoms with van der Waals surface area (Å²) in [5.41, 5.74) is 0.391. The fourth-order valence-electron chi connectivity index (χ4n) is 2.20. The molecule has 1 aliphatic heterocycles. The highest BCUT2D eigenvalue weighted by Crippen LogP contribution is 2.16. The van der Waals surface area contributed by atoms with Gasteiger partial charge in [-0.05, 0) is 12.5 Å². The maximum absolute atomic E-state index is 12.0. The molecule has 7 heteroatoms. The standard InChI is InChI=1S/C13H16N2O5/c1-2-4-14-5-6-15(12(17)11(14)16)8-9-3-7-20-10(9)13(18)19/h3,7H,2,4-6,8H2,1H3,(H,18,19). The Morgan fingerprint density at radius 1 is 1.30 bits per heavy atom. The molecule has 2 amide bonds. The maximum Gasteiger partial charge on any atom is 0.372 e. The summed E-state index contributed by atoms with van der Waals surface area (Å²) < 4.78 is 4.86. The van der Waals surface area contributed by atoms with Crippen molar-refractivity contribution in [3.8, 4) is 0 Å². The fourth-order valence-corrected chi connectivity index (χ4v) is 2.20. The number of amides is 2. The van der Waals surface area contributed by atoms with E-state index in [1.807, 2.05) is 6.92 Å². The first-order chi connectivity index (χ1) is 9.54. The third-order valence-corrected chi connectivity index (χ3v) is 3.19. The molecule has 0 aromatic carbocycles. The van der Waals surface area contributed by atoms with Crippen LogP contribution in [0.3, 0.4) is 0 Å². The van der Waals surface area contributed by atoms with Gasteiger partial charge in [-0.1, -0.05) is 6.92 Å². The molecule has 2 heterocycles. The van der Waals surface area contributed by atoms with Gasteiger partial charge in [-0.25, -0.2) is 4.79 Å². The molecule has 0 bridgehead atoms. The van der Waals surface area contributed by atoms with Gasteiger partial charge in [0.1, 0.15) is 0 Å². The summed E-state index contributed by atoms with van der Waals surface area (Å²) in [6.07, 6.45) is 2.06. The molecule has 1 aromatic rings. The number of furan rings is 1. The molecule has 0 aliphatic carbocycles.